The molecule has 7 heterocycles. The summed E-state index contributed by atoms with van der Waals surface area (Å²) < 4.78 is 46.3. The summed E-state index contributed by atoms with van der Waals surface area (Å²) in [5, 5.41) is 79.7. The molecule has 1 saturated heterocycles. The van der Waals surface area contributed by atoms with Gasteiger partial charge in [-0.1, -0.05) is 36.4 Å². The quantitative estimate of drug-likeness (QED) is 0.0449. The van der Waals surface area contributed by atoms with Crippen molar-refractivity contribution in [3.8, 4) is 28.7 Å². The summed E-state index contributed by atoms with van der Waals surface area (Å²) in [6.07, 6.45) is -4.53. The average molecular weight is 927 g/mol. The van der Waals surface area contributed by atoms with E-state index in [2.05, 4.69) is 10.3 Å². The molecule has 1 fully saturated rings. The molecule has 354 valence electrons. The van der Waals surface area contributed by atoms with Gasteiger partial charge in [0.2, 0.25) is 12.0 Å². The van der Waals surface area contributed by atoms with Crippen molar-refractivity contribution in [2.75, 3.05) is 20.0 Å². The average Bonchev–Trinajstić information content (AvgIpc) is 3.99. The Morgan fingerprint density at radius 1 is 0.985 bits per heavy atom. The van der Waals surface area contributed by atoms with Crippen molar-refractivity contribution >= 4 is 22.8 Å². The number of nitrogens with zero attached hydrogens (tertiary/aromatic N) is 1. The smallest absolute Gasteiger partial charge is 0.317 e. The number of hydrogen-bond donors (Lipinski definition) is 10. The van der Waals surface area contributed by atoms with Gasteiger partial charge in [0.25, 0.3) is 0 Å². The van der Waals surface area contributed by atoms with E-state index >= 15 is 0 Å². The number of aromatic amines is 1. The number of carboxylic acids is 1. The first-order valence-electron chi connectivity index (χ1n) is 21.9. The van der Waals surface area contributed by atoms with Crippen molar-refractivity contribution < 1.29 is 78.5 Å². The second kappa shape index (κ2) is 17.4. The van der Waals surface area contributed by atoms with Gasteiger partial charge in [-0.25, -0.2) is 0 Å². The number of aliphatic carboxylic acids is 1. The van der Waals surface area contributed by atoms with Crippen LogP contribution in [0.3, 0.4) is 0 Å². The summed E-state index contributed by atoms with van der Waals surface area (Å²) in [6, 6.07) is 16.8. The minimum absolute atomic E-state index is 0.0315. The van der Waals surface area contributed by atoms with E-state index in [9.17, 15) is 45.3 Å². The minimum Gasteiger partial charge on any atom is -0.489 e. The van der Waals surface area contributed by atoms with E-state index in [1.807, 2.05) is 53.2 Å². The number of rotatable bonds is 13. The van der Waals surface area contributed by atoms with Crippen LogP contribution < -0.4 is 34.7 Å². The molecular weight excluding hydrogens is 877 g/mol. The largest absolute Gasteiger partial charge is 0.489 e. The Bertz CT molecular complexity index is 2720. The number of fused-ring (bicyclic) bond motifs is 8. The van der Waals surface area contributed by atoms with Crippen molar-refractivity contribution in [3.05, 3.63) is 113 Å². The molecule has 5 aromatic rings. The highest BCUT2D eigenvalue weighted by atomic mass is 16.7. The zero-order chi connectivity index (χ0) is 46.8. The lowest BCUT2D eigenvalue weighted by Crippen LogP contribution is -2.77. The van der Waals surface area contributed by atoms with Gasteiger partial charge in [-0.3, -0.25) is 9.59 Å². The highest BCUT2D eigenvalue weighted by Crippen LogP contribution is 2.61. The third-order valence-corrected chi connectivity index (χ3v) is 13.5. The van der Waals surface area contributed by atoms with Crippen molar-refractivity contribution in [2.45, 2.75) is 98.9 Å². The van der Waals surface area contributed by atoms with E-state index in [0.717, 1.165) is 22.0 Å². The first kappa shape index (κ1) is 44.5. The molecule has 2 aromatic heterocycles. The molecule has 20 nitrogen and oxygen atoms in total. The normalized spacial score (nSPS) is 28.9. The van der Waals surface area contributed by atoms with Crippen molar-refractivity contribution in [1.29, 1.82) is 0 Å². The Labute approximate surface area is 381 Å². The number of carbonyl (C=O) groups is 2. The number of carbonyl (C=O) groups excluding carboxylic acids is 1. The van der Waals surface area contributed by atoms with Crippen molar-refractivity contribution in [1.82, 2.24) is 14.9 Å². The highest BCUT2D eigenvalue weighted by Gasteiger charge is 2.66. The number of aromatic nitrogens is 2. The zero-order valence-corrected chi connectivity index (χ0v) is 35.8. The van der Waals surface area contributed by atoms with Gasteiger partial charge in [0, 0.05) is 53.5 Å². The highest BCUT2D eigenvalue weighted by molar-refractivity contribution is 5.90. The maximum absolute atomic E-state index is 12.8. The van der Waals surface area contributed by atoms with Gasteiger partial charge in [-0.15, -0.1) is 0 Å². The number of hydrogen-bond acceptors (Lipinski definition) is 17. The molecule has 10 rings (SSSR count). The minimum atomic E-state index is -2.30. The molecule has 0 amide bonds. The van der Waals surface area contributed by atoms with Crippen LogP contribution in [0.5, 0.6) is 28.7 Å². The first-order valence-corrected chi connectivity index (χ1v) is 21.9. The third-order valence-electron chi connectivity index (χ3n) is 13.5. The molecule has 10 atom stereocenters. The number of H-pyrrole nitrogens is 1. The molecule has 0 aliphatic carbocycles. The molecule has 11 N–H and O–H groups in total. The van der Waals surface area contributed by atoms with E-state index in [4.69, 9.17) is 38.9 Å². The Morgan fingerprint density at radius 2 is 1.81 bits per heavy atom. The fourth-order valence-electron chi connectivity index (χ4n) is 10.4. The summed E-state index contributed by atoms with van der Waals surface area (Å²) in [6.45, 7) is -1.29. The second-order valence-electron chi connectivity index (χ2n) is 17.3. The van der Waals surface area contributed by atoms with Gasteiger partial charge in [0.05, 0.1) is 30.3 Å². The Balaban J connectivity index is 1.14. The van der Waals surface area contributed by atoms with E-state index in [1.54, 1.807) is 18.3 Å². The molecule has 0 bridgehead atoms. The van der Waals surface area contributed by atoms with E-state index in [0.29, 0.717) is 40.3 Å². The van der Waals surface area contributed by atoms with Gasteiger partial charge in [0.1, 0.15) is 55.1 Å². The molecule has 0 saturated carbocycles. The van der Waals surface area contributed by atoms with Crippen LogP contribution in [0.25, 0.3) is 10.9 Å². The van der Waals surface area contributed by atoms with Crippen LogP contribution >= 0.6 is 0 Å². The molecule has 5 aliphatic heterocycles. The number of benzene rings is 3. The van der Waals surface area contributed by atoms with Gasteiger partial charge in [-0.2, -0.15) is 0 Å². The van der Waals surface area contributed by atoms with Crippen LogP contribution in [-0.4, -0.2) is 125 Å². The predicted octanol–water partition coefficient (Wildman–Crippen LogP) is 1.09. The summed E-state index contributed by atoms with van der Waals surface area (Å²) in [5.41, 5.74) is 6.66. The lowest BCUT2D eigenvalue weighted by atomic mass is 9.73. The standard InChI is InChI=1S/C47H50N4O16/c48-44-43(65-34(57)18-33(55)56)47(11-13-50-44)42(59)41(58)46(60)10-8-25-27(20-51-19-24-9-12-49-37(24)28(51)21-53)36-32(17-30(25)64-45(46)67-47)63-31(16-23-4-2-1-3-5-23)35-26-6-7-29(62-22-54)39(61-15-14-52)38(26)66-40(35)36/h1-7,9,11-13,17,19,31,35,40-45,49-50,52-54,58-60H,8,10,14-16,18,20-22,48H2,(H,55,56)/t31-,35-,40-,41+,42+,43-,44-,45-,46-,47+/m1/s1. The van der Waals surface area contributed by atoms with Gasteiger partial charge < -0.3 is 89.5 Å². The molecule has 5 aliphatic rings. The molecule has 20 heteroatoms. The topological polar surface area (TPSA) is 299 Å². The fourth-order valence-corrected chi connectivity index (χ4v) is 10.4. The summed E-state index contributed by atoms with van der Waals surface area (Å²) in [4.78, 5) is 27.4. The predicted molar refractivity (Wildman–Crippen MR) is 231 cm³/mol. The molecule has 0 unspecified atom stereocenters. The maximum atomic E-state index is 12.8. The molecule has 1 spiro atoms. The van der Waals surface area contributed by atoms with Gasteiger partial charge in [0.15, 0.2) is 35.6 Å². The maximum Gasteiger partial charge on any atom is 0.317 e. The van der Waals surface area contributed by atoms with Crippen LogP contribution in [0.1, 0.15) is 58.4 Å². The molecule has 67 heavy (non-hydrogen) atoms. The number of ether oxygens (including phenoxy) is 7. The lowest BCUT2D eigenvalue weighted by molar-refractivity contribution is -0.354. The summed E-state index contributed by atoms with van der Waals surface area (Å²) in [5.74, 6) is -1.92. The molecule has 0 radical (unpaired) electrons. The Hall–Kier alpha value is -6.36. The first-order chi connectivity index (χ1) is 32.4. The van der Waals surface area contributed by atoms with Crippen LogP contribution in [0.15, 0.2) is 79.3 Å². The summed E-state index contributed by atoms with van der Waals surface area (Å²) in [7, 11) is 0. The van der Waals surface area contributed by atoms with Crippen LogP contribution in [0.4, 0.5) is 0 Å². The summed E-state index contributed by atoms with van der Waals surface area (Å²) >= 11 is 0. The zero-order valence-electron chi connectivity index (χ0n) is 35.8. The number of esters is 1. The van der Waals surface area contributed by atoms with Crippen molar-refractivity contribution in [2.24, 2.45) is 5.73 Å². The van der Waals surface area contributed by atoms with Crippen molar-refractivity contribution in [3.63, 3.8) is 0 Å². The van der Waals surface area contributed by atoms with E-state index < -0.39 is 85.2 Å². The van der Waals surface area contributed by atoms with E-state index in [1.165, 1.54) is 12.3 Å². The number of nitrogens with two attached hydrogens (primary N) is 1. The van der Waals surface area contributed by atoms with E-state index in [-0.39, 0.29) is 56.5 Å². The molecule has 3 aromatic carbocycles. The number of aliphatic hydroxyl groups excluding tert-OH is 5. The van der Waals surface area contributed by atoms with Crippen LogP contribution in [0.2, 0.25) is 0 Å². The SMILES string of the molecule is N[C@@H]1NC=C[C@@]2(O[C@H]3Oc4cc5c(c(Cn6cc7cc[nH]c7c6CO)c4CC[C@@]3(O)[C@@H](O)[C@@H]2O)[C@@H]2Oc3c(ccc(OCO)c3OCCO)[C@@H]2[C@@H](Cc2ccccc2)O5)[C@@H]1OC(=O)CC(=O)O. The number of carboxylic acid groups (broad SMARTS) is 1. The molecular formula is C47H50N4O16. The van der Waals surface area contributed by atoms with Crippen LogP contribution in [0, 0.1) is 0 Å². The monoisotopic (exact) mass is 926 g/mol. The Morgan fingerprint density at radius 3 is 2.57 bits per heavy atom. The van der Waals surface area contributed by atoms with Gasteiger partial charge >= 0.3 is 11.9 Å². The third kappa shape index (κ3) is 7.40. The number of nitrogens with one attached hydrogen (secondary N) is 2. The second-order valence-corrected chi connectivity index (χ2v) is 17.3. The number of aliphatic hydroxyl groups is 6. The Kier molecular flexibility index (Phi) is 11.5. The fraction of sp³-hybridized carbons (Fsp3) is 0.404. The lowest BCUT2D eigenvalue weighted by Gasteiger charge is -2.55. The van der Waals surface area contributed by atoms with Crippen LogP contribution in [-0.2, 0) is 45.1 Å². The van der Waals surface area contributed by atoms with Gasteiger partial charge in [-0.05, 0) is 48.4 Å².